The van der Waals surface area contributed by atoms with Crippen molar-refractivity contribution < 1.29 is 4.57 Å². The number of thioether (sulfide) groups is 2. The summed E-state index contributed by atoms with van der Waals surface area (Å²) in [6.45, 7) is 3.12. The van der Waals surface area contributed by atoms with Gasteiger partial charge in [-0.3, -0.25) is 0 Å². The van der Waals surface area contributed by atoms with Crippen LogP contribution in [0.25, 0.3) is 5.65 Å². The molecule has 2 aromatic rings. The highest BCUT2D eigenvalue weighted by Gasteiger charge is 2.25. The molecule has 0 unspecified atom stereocenters. The van der Waals surface area contributed by atoms with E-state index in [4.69, 9.17) is 0 Å². The number of rotatable bonds is 3. The van der Waals surface area contributed by atoms with Gasteiger partial charge in [-0.2, -0.15) is 4.40 Å². The minimum atomic E-state index is 0.139. The van der Waals surface area contributed by atoms with Gasteiger partial charge in [-0.05, 0) is 30.4 Å². The smallest absolute Gasteiger partial charge is 0.240 e. The maximum Gasteiger partial charge on any atom is 0.347 e. The number of hydrogen-bond donors (Lipinski definition) is 0. The summed E-state index contributed by atoms with van der Waals surface area (Å²) in [5.74, 6) is 2.31. The van der Waals surface area contributed by atoms with Gasteiger partial charge < -0.3 is 0 Å². The molecule has 5 heteroatoms. The van der Waals surface area contributed by atoms with Crippen LogP contribution in [-0.2, 0) is 6.54 Å². The maximum atomic E-state index is 12.7. The second kappa shape index (κ2) is 6.22. The molecular formula is C15H19N2OS2+. The first-order valence-electron chi connectivity index (χ1n) is 7.08. The highest BCUT2D eigenvalue weighted by atomic mass is 32.2. The fourth-order valence-corrected chi connectivity index (χ4v) is 5.39. The maximum absolute atomic E-state index is 12.7. The minimum absolute atomic E-state index is 0.139. The number of pyridine rings is 1. The fourth-order valence-electron chi connectivity index (χ4n) is 2.52. The Morgan fingerprint density at radius 2 is 2.15 bits per heavy atom. The van der Waals surface area contributed by atoms with Crippen LogP contribution in [0.15, 0.2) is 35.4 Å². The molecule has 1 aliphatic heterocycles. The van der Waals surface area contributed by atoms with Crippen molar-refractivity contribution in [2.75, 3.05) is 11.5 Å². The van der Waals surface area contributed by atoms with E-state index in [0.717, 1.165) is 35.7 Å². The Balaban J connectivity index is 2.16. The van der Waals surface area contributed by atoms with Gasteiger partial charge in [-0.25, -0.2) is 9.36 Å². The minimum Gasteiger partial charge on any atom is -0.240 e. The lowest BCUT2D eigenvalue weighted by Crippen LogP contribution is -2.41. The van der Waals surface area contributed by atoms with Crippen LogP contribution in [0.4, 0.5) is 0 Å². The molecule has 2 aromatic heterocycles. The number of aryl methyl sites for hydroxylation is 1. The van der Waals surface area contributed by atoms with E-state index in [1.807, 2.05) is 47.9 Å². The number of nitrogens with zero attached hydrogens (tertiary/aromatic N) is 2. The summed E-state index contributed by atoms with van der Waals surface area (Å²) in [6, 6.07) is 5.93. The van der Waals surface area contributed by atoms with E-state index < -0.39 is 0 Å². The number of fused-ring (bicyclic) bond motifs is 1. The van der Waals surface area contributed by atoms with Gasteiger partial charge in [0.2, 0.25) is 0 Å². The van der Waals surface area contributed by atoms with E-state index in [-0.39, 0.29) is 10.1 Å². The van der Waals surface area contributed by atoms with E-state index in [1.165, 1.54) is 6.42 Å². The Kier molecular flexibility index (Phi) is 4.36. The first kappa shape index (κ1) is 14.0. The highest BCUT2D eigenvalue weighted by molar-refractivity contribution is 8.16. The molecule has 3 rings (SSSR count). The molecule has 0 saturated carbocycles. The van der Waals surface area contributed by atoms with Crippen molar-refractivity contribution in [3.8, 4) is 0 Å². The zero-order valence-electron chi connectivity index (χ0n) is 11.6. The monoisotopic (exact) mass is 307 g/mol. The third-order valence-corrected chi connectivity index (χ3v) is 6.42. The SMILES string of the molecule is CCC[n+]1cc(C2SCCCS2)c(=O)n2ccccc21. The number of aromatic nitrogens is 2. The Labute approximate surface area is 127 Å². The van der Waals surface area contributed by atoms with E-state index in [2.05, 4.69) is 17.7 Å². The molecule has 0 aliphatic carbocycles. The summed E-state index contributed by atoms with van der Waals surface area (Å²) in [6.07, 6.45) is 6.27. The lowest BCUT2D eigenvalue weighted by atomic mass is 10.3. The van der Waals surface area contributed by atoms with Crippen molar-refractivity contribution in [3.63, 3.8) is 0 Å². The van der Waals surface area contributed by atoms with Crippen LogP contribution in [0.2, 0.25) is 0 Å². The molecule has 0 amide bonds. The first-order chi connectivity index (χ1) is 9.81. The lowest BCUT2D eigenvalue weighted by molar-refractivity contribution is -0.675. The molecule has 3 heterocycles. The molecule has 3 nitrogen and oxygen atoms in total. The second-order valence-electron chi connectivity index (χ2n) is 4.94. The number of hydrogen-bond acceptors (Lipinski definition) is 3. The third kappa shape index (κ3) is 2.61. The first-order valence-corrected chi connectivity index (χ1v) is 9.18. The van der Waals surface area contributed by atoms with E-state index in [0.29, 0.717) is 0 Å². The average Bonchev–Trinajstić information content (AvgIpc) is 2.51. The summed E-state index contributed by atoms with van der Waals surface area (Å²) >= 11 is 3.80. The van der Waals surface area contributed by atoms with Gasteiger partial charge in [-0.1, -0.05) is 13.0 Å². The Hall–Kier alpha value is -0.940. The molecule has 0 N–H and O–H groups in total. The molecular weight excluding hydrogens is 288 g/mol. The summed E-state index contributed by atoms with van der Waals surface area (Å²) in [4.78, 5) is 12.7. The highest BCUT2D eigenvalue weighted by Crippen LogP contribution is 2.41. The van der Waals surface area contributed by atoms with Gasteiger partial charge in [0.25, 0.3) is 5.65 Å². The van der Waals surface area contributed by atoms with Gasteiger partial charge in [-0.15, -0.1) is 23.5 Å². The van der Waals surface area contributed by atoms with Crippen LogP contribution in [0, 0.1) is 0 Å². The summed E-state index contributed by atoms with van der Waals surface area (Å²) < 4.78 is 4.30. The van der Waals surface area contributed by atoms with Crippen LogP contribution in [-0.4, -0.2) is 15.9 Å². The molecule has 1 aliphatic rings. The van der Waals surface area contributed by atoms with Gasteiger partial charge in [0, 0.05) is 6.07 Å². The summed E-state index contributed by atoms with van der Waals surface area (Å²) in [5.41, 5.74) is 2.06. The Morgan fingerprint density at radius 1 is 1.35 bits per heavy atom. The largest absolute Gasteiger partial charge is 0.347 e. The average molecular weight is 307 g/mol. The van der Waals surface area contributed by atoms with Crippen LogP contribution in [0.3, 0.4) is 0 Å². The zero-order chi connectivity index (χ0) is 13.9. The molecule has 106 valence electrons. The van der Waals surface area contributed by atoms with E-state index >= 15 is 0 Å². The van der Waals surface area contributed by atoms with Gasteiger partial charge in [0.15, 0.2) is 0 Å². The van der Waals surface area contributed by atoms with Gasteiger partial charge >= 0.3 is 5.56 Å². The molecule has 1 fully saturated rings. The molecule has 1 saturated heterocycles. The van der Waals surface area contributed by atoms with Crippen molar-refractivity contribution in [1.29, 1.82) is 0 Å². The molecule has 0 spiro atoms. The quantitative estimate of drug-likeness (QED) is 0.815. The van der Waals surface area contributed by atoms with Crippen molar-refractivity contribution >= 4 is 29.2 Å². The standard InChI is InChI=1S/C15H19N2OS2/c1-2-7-16-11-12(15-19-9-5-10-20-15)14(18)17-8-4-3-6-13(16)17/h3-4,6,8,11,15H,2,5,7,9-10H2,1H3/q+1. The Morgan fingerprint density at radius 3 is 2.90 bits per heavy atom. The topological polar surface area (TPSA) is 25.4 Å². The fraction of sp³-hybridized carbons (Fsp3) is 0.467. The zero-order valence-corrected chi connectivity index (χ0v) is 13.3. The van der Waals surface area contributed by atoms with Crippen molar-refractivity contribution in [2.24, 2.45) is 0 Å². The summed E-state index contributed by atoms with van der Waals surface area (Å²) in [5, 5.41) is 0. The normalized spacial score (nSPS) is 16.6. The van der Waals surface area contributed by atoms with E-state index in [9.17, 15) is 4.79 Å². The Bertz CT molecular complexity index is 662. The molecule has 0 aromatic carbocycles. The van der Waals surface area contributed by atoms with Crippen molar-refractivity contribution in [3.05, 3.63) is 46.5 Å². The van der Waals surface area contributed by atoms with Crippen molar-refractivity contribution in [2.45, 2.75) is 30.9 Å². The van der Waals surface area contributed by atoms with E-state index in [1.54, 1.807) is 4.40 Å². The predicted molar refractivity (Wildman–Crippen MR) is 86.4 cm³/mol. The molecule has 0 atom stereocenters. The summed E-state index contributed by atoms with van der Waals surface area (Å²) in [7, 11) is 0. The molecule has 20 heavy (non-hydrogen) atoms. The van der Waals surface area contributed by atoms with Crippen LogP contribution < -0.4 is 10.1 Å². The molecule has 0 radical (unpaired) electrons. The van der Waals surface area contributed by atoms with Gasteiger partial charge in [0.05, 0.1) is 17.3 Å². The predicted octanol–water partition coefficient (Wildman–Crippen LogP) is 2.87. The van der Waals surface area contributed by atoms with Gasteiger partial charge in [0.1, 0.15) is 11.8 Å². The lowest BCUT2D eigenvalue weighted by Gasteiger charge is -2.20. The van der Waals surface area contributed by atoms with Crippen LogP contribution in [0.5, 0.6) is 0 Å². The molecule has 0 bridgehead atoms. The third-order valence-electron chi connectivity index (χ3n) is 3.44. The van der Waals surface area contributed by atoms with Crippen LogP contribution in [0.1, 0.15) is 29.9 Å². The van der Waals surface area contributed by atoms with Crippen molar-refractivity contribution in [1.82, 2.24) is 4.40 Å². The van der Waals surface area contributed by atoms with Crippen LogP contribution >= 0.6 is 23.5 Å². The second-order valence-corrected chi connectivity index (χ2v) is 7.66.